The Labute approximate surface area is 185 Å². The summed E-state index contributed by atoms with van der Waals surface area (Å²) in [6.07, 6.45) is 0. The van der Waals surface area contributed by atoms with E-state index in [1.807, 2.05) is 38.1 Å². The molecule has 0 saturated heterocycles. The third-order valence-electron chi connectivity index (χ3n) is 5.41. The number of methoxy groups -OCH3 is 1. The number of aryl methyl sites for hydroxylation is 1. The second-order valence-corrected chi connectivity index (χ2v) is 8.38. The maximum absolute atomic E-state index is 12.0. The van der Waals surface area contributed by atoms with Gasteiger partial charge in [-0.2, -0.15) is 0 Å². The minimum Gasteiger partial charge on any atom is -0.496 e. The smallest absolute Gasteiger partial charge is 0.337 e. The summed E-state index contributed by atoms with van der Waals surface area (Å²) in [6.45, 7) is 7.62. The maximum Gasteiger partial charge on any atom is 0.337 e. The van der Waals surface area contributed by atoms with Gasteiger partial charge in [-0.1, -0.05) is 45.8 Å². The SMILES string of the molecule is COc1ccc(Br)cc1CNCc1c(C(=O)O)c(C)n(Cc2cccc(C)c2)c1C. The Bertz CT molecular complexity index is 1070. The third kappa shape index (κ3) is 4.77. The topological polar surface area (TPSA) is 63.5 Å². The first kappa shape index (κ1) is 22.1. The van der Waals surface area contributed by atoms with E-state index in [0.29, 0.717) is 25.2 Å². The number of carboxylic acids is 1. The van der Waals surface area contributed by atoms with Crippen molar-refractivity contribution in [2.75, 3.05) is 7.11 Å². The molecule has 3 rings (SSSR count). The second-order valence-electron chi connectivity index (χ2n) is 7.46. The summed E-state index contributed by atoms with van der Waals surface area (Å²) in [7, 11) is 1.65. The lowest BCUT2D eigenvalue weighted by Gasteiger charge is -2.12. The molecule has 30 heavy (non-hydrogen) atoms. The van der Waals surface area contributed by atoms with Gasteiger partial charge in [0.15, 0.2) is 0 Å². The molecule has 3 aromatic rings. The Morgan fingerprint density at radius 1 is 1.10 bits per heavy atom. The van der Waals surface area contributed by atoms with Gasteiger partial charge in [0, 0.05) is 46.6 Å². The number of carbonyl (C=O) groups is 1. The summed E-state index contributed by atoms with van der Waals surface area (Å²) in [6, 6.07) is 14.2. The van der Waals surface area contributed by atoms with Crippen LogP contribution in [0.1, 0.15) is 44.0 Å². The molecule has 0 radical (unpaired) electrons. The molecule has 1 aromatic heterocycles. The lowest BCUT2D eigenvalue weighted by atomic mass is 10.1. The van der Waals surface area contributed by atoms with Gasteiger partial charge in [-0.3, -0.25) is 0 Å². The van der Waals surface area contributed by atoms with Crippen LogP contribution in [0.3, 0.4) is 0 Å². The predicted octanol–water partition coefficient (Wildman–Crippen LogP) is 5.22. The van der Waals surface area contributed by atoms with Crippen LogP contribution >= 0.6 is 15.9 Å². The average molecular weight is 471 g/mol. The van der Waals surface area contributed by atoms with Crippen molar-refractivity contribution in [1.82, 2.24) is 9.88 Å². The van der Waals surface area contributed by atoms with E-state index in [4.69, 9.17) is 4.74 Å². The summed E-state index contributed by atoms with van der Waals surface area (Å²) in [5.41, 5.74) is 6.32. The van der Waals surface area contributed by atoms with Crippen LogP contribution in [0, 0.1) is 20.8 Å². The molecule has 158 valence electrons. The summed E-state index contributed by atoms with van der Waals surface area (Å²) in [5.74, 6) is -0.0930. The van der Waals surface area contributed by atoms with Gasteiger partial charge in [-0.15, -0.1) is 0 Å². The molecule has 0 atom stereocenters. The quantitative estimate of drug-likeness (QED) is 0.473. The van der Waals surface area contributed by atoms with E-state index in [9.17, 15) is 9.90 Å². The van der Waals surface area contributed by atoms with E-state index in [0.717, 1.165) is 38.3 Å². The molecular weight excluding hydrogens is 444 g/mol. The Kier molecular flexibility index (Phi) is 7.00. The average Bonchev–Trinajstić information content (AvgIpc) is 2.93. The first-order valence-corrected chi connectivity index (χ1v) is 10.6. The van der Waals surface area contributed by atoms with Crippen molar-refractivity contribution in [3.63, 3.8) is 0 Å². The van der Waals surface area contributed by atoms with Gasteiger partial charge in [0.2, 0.25) is 0 Å². The Hall–Kier alpha value is -2.57. The Morgan fingerprint density at radius 2 is 1.87 bits per heavy atom. The second kappa shape index (κ2) is 9.49. The van der Waals surface area contributed by atoms with E-state index in [1.165, 1.54) is 5.56 Å². The summed E-state index contributed by atoms with van der Waals surface area (Å²) >= 11 is 3.49. The Balaban J connectivity index is 1.85. The van der Waals surface area contributed by atoms with Crippen LogP contribution in [-0.2, 0) is 19.6 Å². The molecule has 0 spiro atoms. The number of carboxylic acid groups (broad SMARTS) is 1. The molecule has 0 aliphatic heterocycles. The molecule has 0 fully saturated rings. The minimum absolute atomic E-state index is 0.383. The molecule has 0 amide bonds. The summed E-state index contributed by atoms with van der Waals surface area (Å²) in [5, 5.41) is 13.3. The zero-order valence-corrected chi connectivity index (χ0v) is 19.3. The van der Waals surface area contributed by atoms with Gasteiger partial charge < -0.3 is 19.7 Å². The highest BCUT2D eigenvalue weighted by Crippen LogP contribution is 2.26. The fourth-order valence-electron chi connectivity index (χ4n) is 3.89. The Morgan fingerprint density at radius 3 is 2.53 bits per heavy atom. The molecule has 2 aromatic carbocycles. The monoisotopic (exact) mass is 470 g/mol. The highest BCUT2D eigenvalue weighted by atomic mass is 79.9. The standard InChI is InChI=1S/C24H27BrN2O3/c1-15-6-5-7-18(10-15)14-27-16(2)21(23(17(27)3)24(28)29)13-26-12-19-11-20(25)8-9-22(19)30-4/h5-11,26H,12-14H2,1-4H3,(H,28,29). The first-order valence-electron chi connectivity index (χ1n) is 9.82. The first-order chi connectivity index (χ1) is 14.3. The molecule has 6 heteroatoms. The van der Waals surface area contributed by atoms with Crippen LogP contribution in [0.4, 0.5) is 0 Å². The van der Waals surface area contributed by atoms with Gasteiger partial charge >= 0.3 is 5.97 Å². The van der Waals surface area contributed by atoms with Crippen LogP contribution in [0.2, 0.25) is 0 Å². The zero-order valence-electron chi connectivity index (χ0n) is 17.8. The van der Waals surface area contributed by atoms with E-state index < -0.39 is 5.97 Å². The number of hydrogen-bond donors (Lipinski definition) is 2. The number of hydrogen-bond acceptors (Lipinski definition) is 3. The van der Waals surface area contributed by atoms with Gasteiger partial charge in [0.05, 0.1) is 12.7 Å². The normalized spacial score (nSPS) is 11.0. The molecule has 0 unspecified atom stereocenters. The molecular formula is C24H27BrN2O3. The third-order valence-corrected chi connectivity index (χ3v) is 5.90. The largest absolute Gasteiger partial charge is 0.496 e. The number of rotatable bonds is 8. The van der Waals surface area contributed by atoms with E-state index >= 15 is 0 Å². The molecule has 0 bridgehead atoms. The lowest BCUT2D eigenvalue weighted by molar-refractivity contribution is 0.0694. The zero-order chi connectivity index (χ0) is 21.8. The lowest BCUT2D eigenvalue weighted by Crippen LogP contribution is -2.16. The van der Waals surface area contributed by atoms with Gasteiger partial charge in [-0.05, 0) is 44.5 Å². The molecule has 0 aliphatic rings. The summed E-state index contributed by atoms with van der Waals surface area (Å²) < 4.78 is 8.50. The van der Waals surface area contributed by atoms with Crippen molar-refractivity contribution in [1.29, 1.82) is 0 Å². The van der Waals surface area contributed by atoms with Crippen molar-refractivity contribution >= 4 is 21.9 Å². The van der Waals surface area contributed by atoms with Crippen LogP contribution in [-0.4, -0.2) is 22.8 Å². The minimum atomic E-state index is -0.893. The number of aromatic carboxylic acids is 1. The van der Waals surface area contributed by atoms with Crippen molar-refractivity contribution in [3.05, 3.63) is 86.1 Å². The van der Waals surface area contributed by atoms with Crippen molar-refractivity contribution in [2.24, 2.45) is 0 Å². The van der Waals surface area contributed by atoms with E-state index in [1.54, 1.807) is 7.11 Å². The number of halogens is 1. The van der Waals surface area contributed by atoms with Crippen LogP contribution in [0.5, 0.6) is 5.75 Å². The van der Waals surface area contributed by atoms with Crippen molar-refractivity contribution < 1.29 is 14.6 Å². The molecule has 1 heterocycles. The number of benzene rings is 2. The number of aromatic nitrogens is 1. The number of ether oxygens (including phenoxy) is 1. The van der Waals surface area contributed by atoms with Crippen LogP contribution < -0.4 is 10.1 Å². The molecule has 5 nitrogen and oxygen atoms in total. The highest BCUT2D eigenvalue weighted by Gasteiger charge is 2.22. The van der Waals surface area contributed by atoms with E-state index in [-0.39, 0.29) is 0 Å². The van der Waals surface area contributed by atoms with Crippen molar-refractivity contribution in [3.8, 4) is 5.75 Å². The predicted molar refractivity (Wildman–Crippen MR) is 122 cm³/mol. The molecule has 0 saturated carbocycles. The van der Waals surface area contributed by atoms with Gasteiger partial charge in [0.1, 0.15) is 5.75 Å². The van der Waals surface area contributed by atoms with Crippen LogP contribution in [0.15, 0.2) is 46.9 Å². The fourth-order valence-corrected chi connectivity index (χ4v) is 4.30. The van der Waals surface area contributed by atoms with Crippen LogP contribution in [0.25, 0.3) is 0 Å². The highest BCUT2D eigenvalue weighted by molar-refractivity contribution is 9.10. The number of nitrogens with one attached hydrogen (secondary N) is 1. The molecule has 0 aliphatic carbocycles. The number of nitrogens with zero attached hydrogens (tertiary/aromatic N) is 1. The maximum atomic E-state index is 12.0. The van der Waals surface area contributed by atoms with E-state index in [2.05, 4.69) is 50.9 Å². The molecule has 2 N–H and O–H groups in total. The van der Waals surface area contributed by atoms with Gasteiger partial charge in [-0.25, -0.2) is 4.79 Å². The van der Waals surface area contributed by atoms with Crippen molar-refractivity contribution in [2.45, 2.75) is 40.4 Å². The van der Waals surface area contributed by atoms with Gasteiger partial charge in [0.25, 0.3) is 0 Å². The fraction of sp³-hybridized carbons (Fsp3) is 0.292. The summed E-state index contributed by atoms with van der Waals surface area (Å²) in [4.78, 5) is 12.0.